The topological polar surface area (TPSA) is 169 Å². The van der Waals surface area contributed by atoms with Gasteiger partial charge in [0.1, 0.15) is 6.04 Å². The number of aromatic nitrogens is 2. The summed E-state index contributed by atoms with van der Waals surface area (Å²) in [6.07, 6.45) is 5.96. The summed E-state index contributed by atoms with van der Waals surface area (Å²) in [4.78, 5) is 63.9. The number of aliphatic imine (C=N–C) groups is 1. The van der Waals surface area contributed by atoms with Crippen LogP contribution in [0, 0.1) is 0 Å². The number of fused-ring (bicyclic) bond motifs is 1. The number of hydrogen-bond acceptors (Lipinski definition) is 6. The molecule has 12 nitrogen and oxygen atoms in total. The number of nitrogens with two attached hydrogens (primary N) is 2. The lowest BCUT2D eigenvalue weighted by molar-refractivity contribution is -0.151. The Morgan fingerprint density at radius 3 is 2.64 bits per heavy atom. The Balaban J connectivity index is 1.38. The van der Waals surface area contributed by atoms with Crippen LogP contribution in [0.15, 0.2) is 47.7 Å². The van der Waals surface area contributed by atoms with Crippen LogP contribution in [-0.2, 0) is 27.9 Å². The highest BCUT2D eigenvalue weighted by atomic mass is 16.2. The van der Waals surface area contributed by atoms with Crippen molar-refractivity contribution in [1.29, 1.82) is 0 Å². The number of amides is 3. The van der Waals surface area contributed by atoms with Crippen molar-refractivity contribution >= 4 is 29.5 Å². The lowest BCUT2D eigenvalue weighted by atomic mass is 10.0. The molecule has 208 valence electrons. The minimum absolute atomic E-state index is 0.0424. The maximum absolute atomic E-state index is 13.4. The van der Waals surface area contributed by atoms with Gasteiger partial charge in [0.05, 0.1) is 18.6 Å². The SMILES string of the molecule is Cn1ccnc1C(=O)C(CCCN=C(N)N)NC(=O)C1CC[C@H]2CN(C(=O)CCc3ccccc3)CC(=O)N12. The summed E-state index contributed by atoms with van der Waals surface area (Å²) in [7, 11) is 1.71. The largest absolute Gasteiger partial charge is 0.370 e. The molecule has 1 aromatic carbocycles. The second kappa shape index (κ2) is 12.5. The first kappa shape index (κ1) is 27.8. The van der Waals surface area contributed by atoms with Gasteiger partial charge in [-0.05, 0) is 37.7 Å². The molecule has 5 N–H and O–H groups in total. The zero-order valence-corrected chi connectivity index (χ0v) is 22.2. The number of ketones is 1. The van der Waals surface area contributed by atoms with E-state index in [9.17, 15) is 19.2 Å². The van der Waals surface area contributed by atoms with Gasteiger partial charge in [-0.15, -0.1) is 0 Å². The van der Waals surface area contributed by atoms with Crippen LogP contribution in [0.3, 0.4) is 0 Å². The maximum Gasteiger partial charge on any atom is 0.243 e. The second-order valence-electron chi connectivity index (χ2n) is 10.0. The molecule has 0 aliphatic carbocycles. The van der Waals surface area contributed by atoms with Crippen LogP contribution >= 0.6 is 0 Å². The molecule has 0 saturated carbocycles. The molecule has 3 atom stereocenters. The van der Waals surface area contributed by atoms with E-state index in [-0.39, 0.29) is 47.9 Å². The average molecular weight is 537 g/mol. The number of carbonyl (C=O) groups is 4. The summed E-state index contributed by atoms with van der Waals surface area (Å²) in [5, 5.41) is 2.86. The Bertz CT molecular complexity index is 1220. The number of imidazole rings is 1. The highest BCUT2D eigenvalue weighted by Gasteiger charge is 2.46. The fourth-order valence-corrected chi connectivity index (χ4v) is 5.30. The van der Waals surface area contributed by atoms with Crippen molar-refractivity contribution in [2.75, 3.05) is 19.6 Å². The Labute approximate surface area is 227 Å². The van der Waals surface area contributed by atoms with Gasteiger partial charge in [-0.25, -0.2) is 4.98 Å². The molecular formula is C27H36N8O4. The van der Waals surface area contributed by atoms with Crippen LogP contribution in [0.25, 0.3) is 0 Å². The van der Waals surface area contributed by atoms with Crippen molar-refractivity contribution in [1.82, 2.24) is 24.7 Å². The van der Waals surface area contributed by atoms with E-state index in [4.69, 9.17) is 11.5 Å². The van der Waals surface area contributed by atoms with Crippen molar-refractivity contribution in [3.8, 4) is 0 Å². The number of Topliss-reactive ketones (excluding diaryl/α,β-unsaturated/α-hetero) is 1. The predicted octanol–water partition coefficient (Wildman–Crippen LogP) is -0.0242. The number of nitrogens with zero attached hydrogens (tertiary/aromatic N) is 5. The monoisotopic (exact) mass is 536 g/mol. The fourth-order valence-electron chi connectivity index (χ4n) is 5.30. The molecule has 0 spiro atoms. The Morgan fingerprint density at radius 1 is 1.18 bits per heavy atom. The summed E-state index contributed by atoms with van der Waals surface area (Å²) < 4.78 is 1.60. The normalized spacial score (nSPS) is 19.4. The number of carbonyl (C=O) groups excluding carboxylic acids is 4. The lowest BCUT2D eigenvalue weighted by Gasteiger charge is -2.39. The van der Waals surface area contributed by atoms with E-state index >= 15 is 0 Å². The van der Waals surface area contributed by atoms with Crippen molar-refractivity contribution in [2.24, 2.45) is 23.5 Å². The first-order valence-electron chi connectivity index (χ1n) is 13.2. The molecule has 12 heteroatoms. The van der Waals surface area contributed by atoms with E-state index in [0.717, 1.165) is 5.56 Å². The van der Waals surface area contributed by atoms with E-state index in [1.165, 1.54) is 6.20 Å². The van der Waals surface area contributed by atoms with E-state index in [2.05, 4.69) is 15.3 Å². The predicted molar refractivity (Wildman–Crippen MR) is 144 cm³/mol. The minimum Gasteiger partial charge on any atom is -0.370 e. The molecule has 0 radical (unpaired) electrons. The van der Waals surface area contributed by atoms with Gasteiger partial charge >= 0.3 is 0 Å². The lowest BCUT2D eigenvalue weighted by Crippen LogP contribution is -2.60. The van der Waals surface area contributed by atoms with E-state index in [1.54, 1.807) is 27.6 Å². The molecular weight excluding hydrogens is 500 g/mol. The number of rotatable bonds is 11. The van der Waals surface area contributed by atoms with Gasteiger partial charge in [0.2, 0.25) is 23.5 Å². The van der Waals surface area contributed by atoms with Crippen LogP contribution in [0.1, 0.15) is 48.3 Å². The van der Waals surface area contributed by atoms with Crippen molar-refractivity contribution < 1.29 is 19.2 Å². The standard InChI is InChI=1S/C27H36N8O4/c1-33-15-14-30-25(33)24(38)20(8-5-13-31-27(28)29)32-26(39)21-11-10-19-16-34(17-23(37)35(19)21)22(36)12-9-18-6-3-2-4-7-18/h2-4,6-7,14-15,19-21H,5,8-13,16-17H2,1H3,(H,32,39)(H4,28,29,31)/t19-,20?,21?/m0/s1. The number of hydrogen-bond donors (Lipinski definition) is 3. The number of guanidine groups is 1. The van der Waals surface area contributed by atoms with Crippen LogP contribution in [-0.4, -0.2) is 86.6 Å². The number of aryl methyl sites for hydroxylation is 2. The zero-order valence-electron chi connectivity index (χ0n) is 22.2. The molecule has 0 bridgehead atoms. The van der Waals surface area contributed by atoms with Crippen LogP contribution < -0.4 is 16.8 Å². The number of piperazine rings is 1. The molecule has 2 aliphatic heterocycles. The van der Waals surface area contributed by atoms with E-state index in [0.29, 0.717) is 51.6 Å². The number of nitrogens with one attached hydrogen (secondary N) is 1. The second-order valence-corrected chi connectivity index (χ2v) is 10.0. The Kier molecular flexibility index (Phi) is 8.95. The molecule has 4 rings (SSSR count). The van der Waals surface area contributed by atoms with Gasteiger partial charge in [-0.1, -0.05) is 30.3 Å². The van der Waals surface area contributed by atoms with Crippen LogP contribution in [0.5, 0.6) is 0 Å². The summed E-state index contributed by atoms with van der Waals surface area (Å²) in [6, 6.07) is 7.98. The van der Waals surface area contributed by atoms with Gasteiger partial charge in [-0.3, -0.25) is 24.2 Å². The first-order chi connectivity index (χ1) is 18.7. The molecule has 1 aromatic heterocycles. The van der Waals surface area contributed by atoms with Crippen LogP contribution in [0.4, 0.5) is 0 Å². The third kappa shape index (κ3) is 6.81. The third-order valence-electron chi connectivity index (χ3n) is 7.29. The van der Waals surface area contributed by atoms with E-state index in [1.807, 2.05) is 30.3 Å². The summed E-state index contributed by atoms with van der Waals surface area (Å²) >= 11 is 0. The highest BCUT2D eigenvalue weighted by Crippen LogP contribution is 2.29. The first-order valence-corrected chi connectivity index (χ1v) is 13.2. The fraction of sp³-hybridized carbons (Fsp3) is 0.481. The van der Waals surface area contributed by atoms with Crippen LogP contribution in [0.2, 0.25) is 0 Å². The van der Waals surface area contributed by atoms with Crippen molar-refractivity contribution in [3.63, 3.8) is 0 Å². The molecule has 2 unspecified atom stereocenters. The molecule has 3 amide bonds. The molecule has 2 fully saturated rings. The van der Waals surface area contributed by atoms with Gasteiger partial charge in [-0.2, -0.15) is 0 Å². The zero-order chi connectivity index (χ0) is 27.9. The maximum atomic E-state index is 13.4. The third-order valence-corrected chi connectivity index (χ3v) is 7.29. The average Bonchev–Trinajstić information content (AvgIpc) is 3.55. The summed E-state index contributed by atoms with van der Waals surface area (Å²) in [5.74, 6) is -0.846. The van der Waals surface area contributed by atoms with Crippen molar-refractivity contribution in [3.05, 3.63) is 54.1 Å². The smallest absolute Gasteiger partial charge is 0.243 e. The summed E-state index contributed by atoms with van der Waals surface area (Å²) in [6.45, 7) is 0.659. The van der Waals surface area contributed by atoms with Gasteiger partial charge in [0.25, 0.3) is 0 Å². The highest BCUT2D eigenvalue weighted by molar-refractivity contribution is 6.00. The molecule has 39 heavy (non-hydrogen) atoms. The Hall–Kier alpha value is -4.22. The molecule has 2 saturated heterocycles. The van der Waals surface area contributed by atoms with Gasteiger partial charge in [0.15, 0.2) is 11.8 Å². The quantitative estimate of drug-likeness (QED) is 0.157. The van der Waals surface area contributed by atoms with E-state index < -0.39 is 12.1 Å². The Morgan fingerprint density at radius 2 is 1.95 bits per heavy atom. The van der Waals surface area contributed by atoms with Gasteiger partial charge < -0.3 is 31.2 Å². The van der Waals surface area contributed by atoms with Gasteiger partial charge in [0, 0.05) is 39.0 Å². The molecule has 3 heterocycles. The van der Waals surface area contributed by atoms with Crippen molar-refractivity contribution in [2.45, 2.75) is 56.7 Å². The molecule has 2 aromatic rings. The number of benzene rings is 1. The minimum atomic E-state index is -0.845. The molecule has 2 aliphatic rings. The summed E-state index contributed by atoms with van der Waals surface area (Å²) in [5.41, 5.74) is 11.9.